The lowest BCUT2D eigenvalue weighted by molar-refractivity contribution is 0.254. The van der Waals surface area contributed by atoms with Crippen molar-refractivity contribution in [2.24, 2.45) is 0 Å². The molecule has 9 nitrogen and oxygen atoms in total. The van der Waals surface area contributed by atoms with E-state index in [9.17, 15) is 9.59 Å². The number of amides is 2. The first-order valence-corrected chi connectivity index (χ1v) is 9.00. The maximum atomic E-state index is 12.3. The summed E-state index contributed by atoms with van der Waals surface area (Å²) in [6, 6.07) is 1.21. The molecule has 0 saturated carbocycles. The molecule has 4 N–H and O–H groups in total. The molecule has 0 aliphatic rings. The molecule has 0 spiro atoms. The molecule has 0 radical (unpaired) electrons. The Morgan fingerprint density at radius 2 is 2.07 bits per heavy atom. The summed E-state index contributed by atoms with van der Waals surface area (Å²) in [5, 5.41) is 12.4. The molecule has 150 valence electrons. The predicted molar refractivity (Wildman–Crippen MR) is 114 cm³/mol. The highest BCUT2D eigenvalue weighted by Crippen LogP contribution is 2.15. The van der Waals surface area contributed by atoms with Crippen molar-refractivity contribution in [2.75, 3.05) is 5.32 Å². The minimum absolute atomic E-state index is 0.329. The number of carbonyl (C=O) groups excluding carboxylic acids is 1. The molecule has 0 saturated heterocycles. The number of anilines is 1. The van der Waals surface area contributed by atoms with Gasteiger partial charge in [-0.25, -0.2) is 14.8 Å². The minimum Gasteiger partial charge on any atom is -0.308 e. The highest BCUT2D eigenvalue weighted by Gasteiger charge is 2.08. The first kappa shape index (κ1) is 21.3. The summed E-state index contributed by atoms with van der Waals surface area (Å²) < 4.78 is 0. The molecule has 3 heterocycles. The second-order valence-electron chi connectivity index (χ2n) is 5.53. The lowest BCUT2D eigenvalue weighted by atomic mass is 10.1. The standard InChI is InChI=1S/C18H17N7O2.C2H6/c1-3-4-13(23-18(27)24-14-8-21-22-9-14)5-11(2)15-6-12-7-19-10-20-16(12)25-17(15)26;1-2/h3-10H,2H2,1H3,(H,21,22)(H2,23,24,27)(H,19,20,25,26);1-2H3/b4-3-,13-5+;. The molecule has 3 aromatic heterocycles. The highest BCUT2D eigenvalue weighted by molar-refractivity contribution is 5.91. The van der Waals surface area contributed by atoms with Crippen molar-refractivity contribution in [1.82, 2.24) is 30.5 Å². The number of fused-ring (bicyclic) bond motifs is 1. The molecule has 3 rings (SSSR count). The van der Waals surface area contributed by atoms with Crippen LogP contribution in [0.2, 0.25) is 0 Å². The molecule has 0 fully saturated rings. The van der Waals surface area contributed by atoms with E-state index in [-0.39, 0.29) is 5.56 Å². The van der Waals surface area contributed by atoms with E-state index in [4.69, 9.17) is 0 Å². The summed E-state index contributed by atoms with van der Waals surface area (Å²) in [6.07, 6.45) is 11.0. The number of nitrogens with zero attached hydrogens (tertiary/aromatic N) is 3. The van der Waals surface area contributed by atoms with Crippen molar-refractivity contribution in [3.8, 4) is 0 Å². The van der Waals surface area contributed by atoms with Crippen molar-refractivity contribution in [1.29, 1.82) is 0 Å². The Bertz CT molecular complexity index is 1100. The van der Waals surface area contributed by atoms with Crippen LogP contribution in [-0.4, -0.2) is 31.2 Å². The monoisotopic (exact) mass is 393 g/mol. The zero-order valence-corrected chi connectivity index (χ0v) is 16.5. The van der Waals surface area contributed by atoms with Crippen molar-refractivity contribution >= 4 is 28.3 Å². The fourth-order valence-electron chi connectivity index (χ4n) is 2.37. The van der Waals surface area contributed by atoms with Crippen LogP contribution >= 0.6 is 0 Å². The number of allylic oxidation sites excluding steroid dienone is 4. The second-order valence-corrected chi connectivity index (χ2v) is 5.53. The summed E-state index contributed by atoms with van der Waals surface area (Å²) in [5.41, 5.74) is 1.89. The molecule has 0 unspecified atom stereocenters. The van der Waals surface area contributed by atoms with Crippen LogP contribution in [0, 0.1) is 0 Å². The second kappa shape index (κ2) is 10.4. The van der Waals surface area contributed by atoms with Crippen LogP contribution in [0.25, 0.3) is 16.6 Å². The van der Waals surface area contributed by atoms with Crippen molar-refractivity contribution in [3.05, 3.63) is 77.4 Å². The summed E-state index contributed by atoms with van der Waals surface area (Å²) >= 11 is 0. The largest absolute Gasteiger partial charge is 0.323 e. The fraction of sp³-hybridized carbons (Fsp3) is 0.150. The predicted octanol–water partition coefficient (Wildman–Crippen LogP) is 3.36. The molecular weight excluding hydrogens is 370 g/mol. The van der Waals surface area contributed by atoms with E-state index < -0.39 is 6.03 Å². The lowest BCUT2D eigenvalue weighted by Crippen LogP contribution is -2.27. The van der Waals surface area contributed by atoms with Gasteiger partial charge in [0.15, 0.2) is 0 Å². The van der Waals surface area contributed by atoms with Gasteiger partial charge in [-0.3, -0.25) is 9.89 Å². The first-order valence-electron chi connectivity index (χ1n) is 9.00. The van der Waals surface area contributed by atoms with Gasteiger partial charge in [-0.2, -0.15) is 5.10 Å². The number of nitrogens with one attached hydrogen (secondary N) is 4. The molecule has 9 heteroatoms. The number of aromatic nitrogens is 5. The molecule has 0 aliphatic heterocycles. The topological polar surface area (TPSA) is 128 Å². The average Bonchev–Trinajstić information content (AvgIpc) is 3.22. The normalized spacial score (nSPS) is 11.1. The Labute approximate surface area is 167 Å². The van der Waals surface area contributed by atoms with E-state index >= 15 is 0 Å². The third kappa shape index (κ3) is 5.73. The number of aromatic amines is 2. The maximum absolute atomic E-state index is 12.3. The molecule has 3 aromatic rings. The van der Waals surface area contributed by atoms with E-state index in [1.165, 1.54) is 12.5 Å². The van der Waals surface area contributed by atoms with Gasteiger partial charge in [0.1, 0.15) is 12.0 Å². The summed E-state index contributed by atoms with van der Waals surface area (Å²) in [4.78, 5) is 35.1. The number of carbonyl (C=O) groups is 1. The van der Waals surface area contributed by atoms with Crippen LogP contribution in [0.15, 0.2) is 66.3 Å². The Hall–Kier alpha value is -4.01. The number of H-pyrrole nitrogens is 2. The molecule has 0 bridgehead atoms. The van der Waals surface area contributed by atoms with Gasteiger partial charge < -0.3 is 15.6 Å². The van der Waals surface area contributed by atoms with Gasteiger partial charge >= 0.3 is 6.03 Å². The van der Waals surface area contributed by atoms with Crippen LogP contribution in [0.1, 0.15) is 26.3 Å². The Morgan fingerprint density at radius 3 is 2.76 bits per heavy atom. The zero-order chi connectivity index (χ0) is 21.2. The highest BCUT2D eigenvalue weighted by atomic mass is 16.2. The maximum Gasteiger partial charge on any atom is 0.323 e. The van der Waals surface area contributed by atoms with Crippen molar-refractivity contribution in [2.45, 2.75) is 20.8 Å². The number of urea groups is 1. The molecule has 29 heavy (non-hydrogen) atoms. The van der Waals surface area contributed by atoms with Crippen LogP contribution in [0.5, 0.6) is 0 Å². The van der Waals surface area contributed by atoms with Gasteiger partial charge in [0.2, 0.25) is 0 Å². The fourth-order valence-corrected chi connectivity index (χ4v) is 2.37. The van der Waals surface area contributed by atoms with Crippen molar-refractivity contribution in [3.63, 3.8) is 0 Å². The number of hydrogen-bond acceptors (Lipinski definition) is 5. The molecule has 0 aliphatic carbocycles. The van der Waals surface area contributed by atoms with Crippen LogP contribution in [0.3, 0.4) is 0 Å². The SMILES string of the molecule is C=C(/C=C(\C=C/C)NC(=O)Nc1cn[nH]c1)c1cc2cncnc2[nH]c1=O.CC. The van der Waals surface area contributed by atoms with Gasteiger partial charge in [-0.05, 0) is 30.7 Å². The smallest absolute Gasteiger partial charge is 0.308 e. The molecular formula is C20H23N7O2. The van der Waals surface area contributed by atoms with E-state index in [0.717, 1.165) is 0 Å². The lowest BCUT2D eigenvalue weighted by Gasteiger charge is -2.08. The van der Waals surface area contributed by atoms with Gasteiger partial charge in [-0.1, -0.05) is 26.5 Å². The van der Waals surface area contributed by atoms with E-state index in [1.54, 1.807) is 36.7 Å². The number of pyridine rings is 1. The van der Waals surface area contributed by atoms with E-state index in [0.29, 0.717) is 33.6 Å². The minimum atomic E-state index is -0.450. The third-order valence-corrected chi connectivity index (χ3v) is 3.55. The first-order chi connectivity index (χ1) is 14.1. The van der Waals surface area contributed by atoms with Crippen LogP contribution in [0.4, 0.5) is 10.5 Å². The zero-order valence-electron chi connectivity index (χ0n) is 16.5. The molecule has 2 amide bonds. The molecule has 0 atom stereocenters. The Morgan fingerprint density at radius 1 is 1.28 bits per heavy atom. The van der Waals surface area contributed by atoms with E-state index in [1.807, 2.05) is 20.8 Å². The quantitative estimate of drug-likeness (QED) is 0.494. The summed E-state index contributed by atoms with van der Waals surface area (Å²) in [6.45, 7) is 9.75. The average molecular weight is 393 g/mol. The number of rotatable bonds is 5. The van der Waals surface area contributed by atoms with Gasteiger partial charge in [0.05, 0.1) is 11.9 Å². The van der Waals surface area contributed by atoms with Gasteiger partial charge in [0, 0.05) is 29.0 Å². The molecule has 0 aromatic carbocycles. The third-order valence-electron chi connectivity index (χ3n) is 3.55. The van der Waals surface area contributed by atoms with Gasteiger partial charge in [0.25, 0.3) is 5.56 Å². The summed E-state index contributed by atoms with van der Waals surface area (Å²) in [7, 11) is 0. The van der Waals surface area contributed by atoms with Crippen LogP contribution in [-0.2, 0) is 0 Å². The summed E-state index contributed by atoms with van der Waals surface area (Å²) in [5.74, 6) is 0. The van der Waals surface area contributed by atoms with Gasteiger partial charge in [-0.15, -0.1) is 0 Å². The Balaban J connectivity index is 0.00000145. The van der Waals surface area contributed by atoms with Crippen LogP contribution < -0.4 is 16.2 Å². The number of hydrogen-bond donors (Lipinski definition) is 4. The van der Waals surface area contributed by atoms with E-state index in [2.05, 4.69) is 42.4 Å². The Kier molecular flexibility index (Phi) is 7.60. The van der Waals surface area contributed by atoms with Crippen molar-refractivity contribution < 1.29 is 4.79 Å².